The molecular formula is C15H19ClN4O2. The van der Waals surface area contributed by atoms with Crippen molar-refractivity contribution >= 4 is 17.2 Å². The standard InChI is InChI=1S/C15H19ClN4O2/c16-12-1-2-14-17-13(9-15(22)20(14)10-12)11-19-5-3-18(4-6-19)7-8-21/h1-2,9-10,21H,3-8,11H2. The summed E-state index contributed by atoms with van der Waals surface area (Å²) < 4.78 is 1.46. The molecule has 0 saturated carbocycles. The minimum absolute atomic E-state index is 0.110. The molecule has 1 aliphatic rings. The topological polar surface area (TPSA) is 61.1 Å². The van der Waals surface area contributed by atoms with Crippen molar-refractivity contribution < 1.29 is 5.11 Å². The lowest BCUT2D eigenvalue weighted by atomic mass is 10.2. The van der Waals surface area contributed by atoms with E-state index in [1.165, 1.54) is 4.40 Å². The van der Waals surface area contributed by atoms with Crippen molar-refractivity contribution in [1.29, 1.82) is 0 Å². The summed E-state index contributed by atoms with van der Waals surface area (Å²) in [6.07, 6.45) is 1.59. The van der Waals surface area contributed by atoms with Gasteiger partial charge in [-0.1, -0.05) is 11.6 Å². The molecular weight excluding hydrogens is 304 g/mol. The fraction of sp³-hybridized carbons (Fsp3) is 0.467. The Balaban J connectivity index is 1.72. The third kappa shape index (κ3) is 3.47. The molecule has 118 valence electrons. The van der Waals surface area contributed by atoms with Crippen LogP contribution in [0.2, 0.25) is 5.02 Å². The first-order valence-electron chi connectivity index (χ1n) is 7.39. The van der Waals surface area contributed by atoms with E-state index < -0.39 is 0 Å². The Morgan fingerprint density at radius 3 is 2.64 bits per heavy atom. The number of aliphatic hydroxyl groups excluding tert-OH is 1. The van der Waals surface area contributed by atoms with Gasteiger partial charge in [0.05, 0.1) is 17.3 Å². The summed E-state index contributed by atoms with van der Waals surface area (Å²) >= 11 is 5.91. The number of β-amino-alcohol motifs (C(OH)–C–C–N with tert-alkyl or cyclic N) is 1. The molecule has 0 aliphatic carbocycles. The number of halogens is 1. The van der Waals surface area contributed by atoms with Crippen molar-refractivity contribution in [3.05, 3.63) is 45.5 Å². The van der Waals surface area contributed by atoms with E-state index in [0.29, 0.717) is 17.2 Å². The molecule has 1 fully saturated rings. The minimum Gasteiger partial charge on any atom is -0.395 e. The van der Waals surface area contributed by atoms with Gasteiger partial charge >= 0.3 is 0 Å². The fourth-order valence-corrected chi connectivity index (χ4v) is 2.91. The van der Waals surface area contributed by atoms with Crippen molar-refractivity contribution in [2.45, 2.75) is 6.54 Å². The number of hydrogen-bond acceptors (Lipinski definition) is 5. The average Bonchev–Trinajstić information content (AvgIpc) is 2.50. The van der Waals surface area contributed by atoms with Crippen molar-refractivity contribution in [3.63, 3.8) is 0 Å². The van der Waals surface area contributed by atoms with Gasteiger partial charge in [0.25, 0.3) is 5.56 Å². The van der Waals surface area contributed by atoms with Crippen LogP contribution >= 0.6 is 11.6 Å². The van der Waals surface area contributed by atoms with Gasteiger partial charge in [0.15, 0.2) is 0 Å². The van der Waals surface area contributed by atoms with E-state index in [4.69, 9.17) is 16.7 Å². The summed E-state index contributed by atoms with van der Waals surface area (Å²) in [5, 5.41) is 9.48. The van der Waals surface area contributed by atoms with E-state index in [9.17, 15) is 4.79 Å². The van der Waals surface area contributed by atoms with Gasteiger partial charge in [-0.2, -0.15) is 0 Å². The third-order valence-corrected chi connectivity index (χ3v) is 4.17. The third-order valence-electron chi connectivity index (χ3n) is 3.94. The van der Waals surface area contributed by atoms with Crippen LogP contribution in [0.3, 0.4) is 0 Å². The van der Waals surface area contributed by atoms with Gasteiger partial charge in [-0.05, 0) is 12.1 Å². The van der Waals surface area contributed by atoms with Crippen LogP contribution in [0, 0.1) is 0 Å². The lowest BCUT2D eigenvalue weighted by Gasteiger charge is -2.34. The number of piperazine rings is 1. The van der Waals surface area contributed by atoms with Gasteiger partial charge in [0.1, 0.15) is 5.65 Å². The van der Waals surface area contributed by atoms with E-state index in [1.54, 1.807) is 24.4 Å². The molecule has 0 spiro atoms. The fourth-order valence-electron chi connectivity index (χ4n) is 2.75. The normalized spacial score (nSPS) is 17.2. The van der Waals surface area contributed by atoms with E-state index in [0.717, 1.165) is 38.4 Å². The molecule has 1 N–H and O–H groups in total. The van der Waals surface area contributed by atoms with Crippen LogP contribution in [-0.4, -0.2) is 63.6 Å². The van der Waals surface area contributed by atoms with E-state index in [1.807, 2.05) is 0 Å². The number of rotatable bonds is 4. The Bertz CT molecular complexity index is 710. The van der Waals surface area contributed by atoms with Crippen molar-refractivity contribution in [1.82, 2.24) is 19.2 Å². The van der Waals surface area contributed by atoms with Crippen LogP contribution in [0.25, 0.3) is 5.65 Å². The maximum Gasteiger partial charge on any atom is 0.258 e. The van der Waals surface area contributed by atoms with E-state index in [-0.39, 0.29) is 12.2 Å². The smallest absolute Gasteiger partial charge is 0.258 e. The van der Waals surface area contributed by atoms with Gasteiger partial charge in [0.2, 0.25) is 0 Å². The highest BCUT2D eigenvalue weighted by molar-refractivity contribution is 6.30. The number of aromatic nitrogens is 2. The molecule has 6 nitrogen and oxygen atoms in total. The minimum atomic E-state index is -0.110. The monoisotopic (exact) mass is 322 g/mol. The molecule has 0 radical (unpaired) electrons. The molecule has 22 heavy (non-hydrogen) atoms. The summed E-state index contributed by atoms with van der Waals surface area (Å²) in [4.78, 5) is 21.2. The number of hydrogen-bond donors (Lipinski definition) is 1. The molecule has 0 unspecified atom stereocenters. The van der Waals surface area contributed by atoms with Gasteiger partial charge in [-0.3, -0.25) is 19.0 Å². The quantitative estimate of drug-likeness (QED) is 0.886. The predicted octanol–water partition coefficient (Wildman–Crippen LogP) is 0.458. The Morgan fingerprint density at radius 1 is 1.18 bits per heavy atom. The van der Waals surface area contributed by atoms with Crippen molar-refractivity contribution in [2.24, 2.45) is 0 Å². The van der Waals surface area contributed by atoms with E-state index >= 15 is 0 Å². The highest BCUT2D eigenvalue weighted by atomic mass is 35.5. The maximum absolute atomic E-state index is 12.1. The second-order valence-electron chi connectivity index (χ2n) is 5.50. The molecule has 2 aromatic heterocycles. The number of pyridine rings is 1. The van der Waals surface area contributed by atoms with Crippen molar-refractivity contribution in [3.8, 4) is 0 Å². The van der Waals surface area contributed by atoms with Crippen molar-refractivity contribution in [2.75, 3.05) is 39.3 Å². The average molecular weight is 323 g/mol. The number of aliphatic hydroxyl groups is 1. The molecule has 7 heteroatoms. The molecule has 0 bridgehead atoms. The summed E-state index contributed by atoms with van der Waals surface area (Å²) in [6.45, 7) is 5.30. The predicted molar refractivity (Wildman–Crippen MR) is 85.3 cm³/mol. The molecule has 0 atom stereocenters. The first-order chi connectivity index (χ1) is 10.7. The van der Waals surface area contributed by atoms with Gasteiger partial charge in [-0.15, -0.1) is 0 Å². The van der Waals surface area contributed by atoms with Crippen LogP contribution in [0.15, 0.2) is 29.2 Å². The van der Waals surface area contributed by atoms with Crippen LogP contribution in [-0.2, 0) is 6.54 Å². The summed E-state index contributed by atoms with van der Waals surface area (Å²) in [7, 11) is 0. The Hall–Kier alpha value is -1.47. The second-order valence-corrected chi connectivity index (χ2v) is 5.94. The van der Waals surface area contributed by atoms with Gasteiger partial charge in [-0.25, -0.2) is 4.98 Å². The number of nitrogens with zero attached hydrogens (tertiary/aromatic N) is 4. The SMILES string of the molecule is O=c1cc(CN2CCN(CCO)CC2)nc2ccc(Cl)cn12. The molecule has 1 aliphatic heterocycles. The zero-order valence-electron chi connectivity index (χ0n) is 12.3. The zero-order chi connectivity index (χ0) is 15.5. The molecule has 3 rings (SSSR count). The summed E-state index contributed by atoms with van der Waals surface area (Å²) in [6, 6.07) is 5.07. The van der Waals surface area contributed by atoms with Gasteiger partial charge in [0, 0.05) is 51.5 Å². The zero-order valence-corrected chi connectivity index (χ0v) is 13.0. The Labute approximate surface area is 133 Å². The van der Waals surface area contributed by atoms with Crippen LogP contribution < -0.4 is 5.56 Å². The largest absolute Gasteiger partial charge is 0.395 e. The molecule has 0 amide bonds. The first-order valence-corrected chi connectivity index (χ1v) is 7.77. The van der Waals surface area contributed by atoms with Gasteiger partial charge < -0.3 is 5.11 Å². The molecule has 3 heterocycles. The first kappa shape index (κ1) is 15.4. The van der Waals surface area contributed by atoms with Crippen LogP contribution in [0.5, 0.6) is 0 Å². The molecule has 1 saturated heterocycles. The molecule has 2 aromatic rings. The highest BCUT2D eigenvalue weighted by Gasteiger charge is 2.17. The number of fused-ring (bicyclic) bond motifs is 1. The Morgan fingerprint density at radius 2 is 1.91 bits per heavy atom. The Kier molecular flexibility index (Phi) is 4.73. The summed E-state index contributed by atoms with van der Waals surface area (Å²) in [5.41, 5.74) is 1.29. The van der Waals surface area contributed by atoms with Crippen LogP contribution in [0.4, 0.5) is 0 Å². The van der Waals surface area contributed by atoms with Crippen LogP contribution in [0.1, 0.15) is 5.69 Å². The lowest BCUT2D eigenvalue weighted by Crippen LogP contribution is -2.46. The maximum atomic E-state index is 12.1. The second kappa shape index (κ2) is 6.75. The van der Waals surface area contributed by atoms with E-state index in [2.05, 4.69) is 14.8 Å². The summed E-state index contributed by atoms with van der Waals surface area (Å²) in [5.74, 6) is 0. The molecule has 0 aromatic carbocycles. The lowest BCUT2D eigenvalue weighted by molar-refractivity contribution is 0.107. The highest BCUT2D eigenvalue weighted by Crippen LogP contribution is 2.10.